The van der Waals surface area contributed by atoms with Gasteiger partial charge in [0.2, 0.25) is 0 Å². The lowest BCUT2D eigenvalue weighted by atomic mass is 10.2. The SMILES string of the molecule is CC1CCC(COc2cccc(Cl)c2)O1. The molecular weight excluding hydrogens is 212 g/mol. The Morgan fingerprint density at radius 1 is 1.47 bits per heavy atom. The molecule has 0 saturated carbocycles. The fourth-order valence-corrected chi connectivity index (χ4v) is 1.93. The molecular formula is C12H15ClO2. The van der Waals surface area contributed by atoms with Gasteiger partial charge in [0, 0.05) is 5.02 Å². The molecule has 1 heterocycles. The molecule has 2 rings (SSSR count). The molecule has 2 nitrogen and oxygen atoms in total. The first-order valence-corrected chi connectivity index (χ1v) is 5.65. The molecule has 2 atom stereocenters. The molecule has 1 saturated heterocycles. The minimum absolute atomic E-state index is 0.235. The third kappa shape index (κ3) is 3.11. The molecule has 0 radical (unpaired) electrons. The Balaban J connectivity index is 1.83. The van der Waals surface area contributed by atoms with Crippen molar-refractivity contribution in [1.82, 2.24) is 0 Å². The highest BCUT2D eigenvalue weighted by molar-refractivity contribution is 6.30. The van der Waals surface area contributed by atoms with Crippen LogP contribution in [-0.4, -0.2) is 18.8 Å². The van der Waals surface area contributed by atoms with Gasteiger partial charge >= 0.3 is 0 Å². The van der Waals surface area contributed by atoms with Crippen LogP contribution in [0.1, 0.15) is 19.8 Å². The second-order valence-electron chi connectivity index (χ2n) is 3.91. The zero-order valence-corrected chi connectivity index (χ0v) is 9.54. The van der Waals surface area contributed by atoms with Crippen LogP contribution < -0.4 is 4.74 Å². The largest absolute Gasteiger partial charge is 0.491 e. The van der Waals surface area contributed by atoms with Crippen LogP contribution in [0.15, 0.2) is 24.3 Å². The summed E-state index contributed by atoms with van der Waals surface area (Å²) in [5, 5.41) is 0.702. The molecule has 2 unspecified atom stereocenters. The molecule has 0 amide bonds. The molecule has 82 valence electrons. The van der Waals surface area contributed by atoms with E-state index in [2.05, 4.69) is 6.92 Å². The van der Waals surface area contributed by atoms with E-state index < -0.39 is 0 Å². The molecule has 1 aliphatic rings. The molecule has 0 spiro atoms. The number of hydrogen-bond donors (Lipinski definition) is 0. The number of halogens is 1. The minimum Gasteiger partial charge on any atom is -0.491 e. The van der Waals surface area contributed by atoms with E-state index in [0.717, 1.165) is 18.6 Å². The van der Waals surface area contributed by atoms with Crippen molar-refractivity contribution in [1.29, 1.82) is 0 Å². The quantitative estimate of drug-likeness (QED) is 0.788. The fraction of sp³-hybridized carbons (Fsp3) is 0.500. The molecule has 3 heteroatoms. The van der Waals surface area contributed by atoms with Gasteiger partial charge in [-0.05, 0) is 38.0 Å². The average molecular weight is 227 g/mol. The molecule has 1 aliphatic heterocycles. The summed E-state index contributed by atoms with van der Waals surface area (Å²) in [6, 6.07) is 7.45. The smallest absolute Gasteiger partial charge is 0.120 e. The zero-order valence-electron chi connectivity index (χ0n) is 8.78. The van der Waals surface area contributed by atoms with Crippen molar-refractivity contribution < 1.29 is 9.47 Å². The molecule has 1 aromatic carbocycles. The molecule has 1 aromatic rings. The Hall–Kier alpha value is -0.730. The maximum absolute atomic E-state index is 5.85. The first-order valence-electron chi connectivity index (χ1n) is 5.28. The number of ether oxygens (including phenoxy) is 2. The fourth-order valence-electron chi connectivity index (χ4n) is 1.75. The first kappa shape index (κ1) is 10.8. The van der Waals surface area contributed by atoms with Crippen LogP contribution >= 0.6 is 11.6 Å². The Kier molecular flexibility index (Phi) is 3.49. The van der Waals surface area contributed by atoms with Crippen LogP contribution in [0.25, 0.3) is 0 Å². The summed E-state index contributed by atoms with van der Waals surface area (Å²) < 4.78 is 11.3. The predicted molar refractivity (Wildman–Crippen MR) is 60.5 cm³/mol. The number of hydrogen-bond acceptors (Lipinski definition) is 2. The van der Waals surface area contributed by atoms with E-state index in [4.69, 9.17) is 21.1 Å². The molecule has 15 heavy (non-hydrogen) atoms. The maximum atomic E-state index is 5.85. The highest BCUT2D eigenvalue weighted by Crippen LogP contribution is 2.21. The van der Waals surface area contributed by atoms with Crippen LogP contribution in [0, 0.1) is 0 Å². The maximum Gasteiger partial charge on any atom is 0.120 e. The van der Waals surface area contributed by atoms with Gasteiger partial charge < -0.3 is 9.47 Å². The Labute approximate surface area is 95.1 Å². The van der Waals surface area contributed by atoms with Crippen LogP contribution in [-0.2, 0) is 4.74 Å². The third-order valence-electron chi connectivity index (χ3n) is 2.55. The first-order chi connectivity index (χ1) is 7.24. The van der Waals surface area contributed by atoms with Crippen molar-refractivity contribution in [3.05, 3.63) is 29.3 Å². The zero-order chi connectivity index (χ0) is 10.7. The van der Waals surface area contributed by atoms with Crippen LogP contribution in [0.5, 0.6) is 5.75 Å². The van der Waals surface area contributed by atoms with Gasteiger partial charge in [0.05, 0.1) is 12.2 Å². The summed E-state index contributed by atoms with van der Waals surface area (Å²) in [4.78, 5) is 0. The lowest BCUT2D eigenvalue weighted by Gasteiger charge is -2.12. The highest BCUT2D eigenvalue weighted by atomic mass is 35.5. The summed E-state index contributed by atoms with van der Waals surface area (Å²) in [6.07, 6.45) is 2.82. The minimum atomic E-state index is 0.235. The molecule has 1 fully saturated rings. The van der Waals surface area contributed by atoms with Crippen LogP contribution in [0.2, 0.25) is 5.02 Å². The van der Waals surface area contributed by atoms with E-state index in [0.29, 0.717) is 17.7 Å². The van der Waals surface area contributed by atoms with Gasteiger partial charge in [0.1, 0.15) is 12.4 Å². The summed E-state index contributed by atoms with van der Waals surface area (Å²) in [6.45, 7) is 2.71. The van der Waals surface area contributed by atoms with E-state index in [9.17, 15) is 0 Å². The van der Waals surface area contributed by atoms with Gasteiger partial charge in [-0.25, -0.2) is 0 Å². The van der Waals surface area contributed by atoms with Crippen molar-refractivity contribution in [2.24, 2.45) is 0 Å². The standard InChI is InChI=1S/C12H15ClO2/c1-9-5-6-12(15-9)8-14-11-4-2-3-10(13)7-11/h2-4,7,9,12H,5-6,8H2,1H3. The van der Waals surface area contributed by atoms with Gasteiger partial charge in [-0.1, -0.05) is 17.7 Å². The summed E-state index contributed by atoms with van der Waals surface area (Å²) in [7, 11) is 0. The van der Waals surface area contributed by atoms with E-state index in [1.165, 1.54) is 0 Å². The topological polar surface area (TPSA) is 18.5 Å². The Morgan fingerprint density at radius 2 is 2.33 bits per heavy atom. The van der Waals surface area contributed by atoms with Gasteiger partial charge in [0.15, 0.2) is 0 Å². The average Bonchev–Trinajstić information content (AvgIpc) is 2.62. The second-order valence-corrected chi connectivity index (χ2v) is 4.35. The molecule has 0 aromatic heterocycles. The van der Waals surface area contributed by atoms with Crippen molar-refractivity contribution >= 4 is 11.6 Å². The van der Waals surface area contributed by atoms with Crippen molar-refractivity contribution in [2.75, 3.05) is 6.61 Å². The van der Waals surface area contributed by atoms with Crippen LogP contribution in [0.4, 0.5) is 0 Å². The number of benzene rings is 1. The monoisotopic (exact) mass is 226 g/mol. The second kappa shape index (κ2) is 4.86. The Bertz CT molecular complexity index is 327. The van der Waals surface area contributed by atoms with Crippen molar-refractivity contribution in [3.63, 3.8) is 0 Å². The van der Waals surface area contributed by atoms with E-state index in [-0.39, 0.29) is 6.10 Å². The molecule has 0 bridgehead atoms. The molecule has 0 aliphatic carbocycles. The van der Waals surface area contributed by atoms with E-state index in [1.54, 1.807) is 0 Å². The van der Waals surface area contributed by atoms with Gasteiger partial charge in [-0.2, -0.15) is 0 Å². The lowest BCUT2D eigenvalue weighted by molar-refractivity contribution is 0.0264. The summed E-state index contributed by atoms with van der Waals surface area (Å²) in [5.41, 5.74) is 0. The van der Waals surface area contributed by atoms with Gasteiger partial charge in [-0.3, -0.25) is 0 Å². The summed E-state index contributed by atoms with van der Waals surface area (Å²) >= 11 is 5.85. The highest BCUT2D eigenvalue weighted by Gasteiger charge is 2.22. The Morgan fingerprint density at radius 3 is 3.00 bits per heavy atom. The van der Waals surface area contributed by atoms with Gasteiger partial charge in [0.25, 0.3) is 0 Å². The van der Waals surface area contributed by atoms with Gasteiger partial charge in [-0.15, -0.1) is 0 Å². The van der Waals surface area contributed by atoms with E-state index in [1.807, 2.05) is 24.3 Å². The van der Waals surface area contributed by atoms with Crippen molar-refractivity contribution in [2.45, 2.75) is 32.0 Å². The number of rotatable bonds is 3. The van der Waals surface area contributed by atoms with E-state index >= 15 is 0 Å². The summed E-state index contributed by atoms with van der Waals surface area (Å²) in [5.74, 6) is 0.811. The van der Waals surface area contributed by atoms with Crippen LogP contribution in [0.3, 0.4) is 0 Å². The van der Waals surface area contributed by atoms with Crippen molar-refractivity contribution in [3.8, 4) is 5.75 Å². The third-order valence-corrected chi connectivity index (χ3v) is 2.79. The predicted octanol–water partition coefficient (Wildman–Crippen LogP) is 3.29. The lowest BCUT2D eigenvalue weighted by Crippen LogP contribution is -2.17. The normalized spacial score (nSPS) is 25.5. The molecule has 0 N–H and O–H groups in total.